The minimum absolute atomic E-state index is 0.0874. The Morgan fingerprint density at radius 2 is 2.12 bits per heavy atom. The van der Waals surface area contributed by atoms with Gasteiger partial charge >= 0.3 is 0 Å². The van der Waals surface area contributed by atoms with Gasteiger partial charge in [-0.25, -0.2) is 0 Å². The molecule has 16 heavy (non-hydrogen) atoms. The Balaban J connectivity index is 1.89. The number of hydrogen-bond donors (Lipinski definition) is 1. The van der Waals surface area contributed by atoms with E-state index in [0.29, 0.717) is 11.9 Å². The van der Waals surface area contributed by atoms with Gasteiger partial charge in [-0.2, -0.15) is 0 Å². The number of likely N-dealkylation sites (N-methyl/N-ethyl adjacent to an activating group) is 1. The number of piperazine rings is 1. The molecule has 1 N–H and O–H groups in total. The molecule has 0 saturated carbocycles. The van der Waals surface area contributed by atoms with Gasteiger partial charge in [0.1, 0.15) is 0 Å². The van der Waals surface area contributed by atoms with E-state index in [-0.39, 0.29) is 6.04 Å². The third-order valence-electron chi connectivity index (χ3n) is 3.88. The van der Waals surface area contributed by atoms with Crippen LogP contribution in [-0.2, 0) is 4.79 Å². The maximum atomic E-state index is 12.3. The first-order valence-electron chi connectivity index (χ1n) is 6.41. The number of rotatable bonds is 1. The molecule has 2 atom stereocenters. The van der Waals surface area contributed by atoms with Crippen LogP contribution in [-0.4, -0.2) is 61.0 Å². The van der Waals surface area contributed by atoms with Gasteiger partial charge < -0.3 is 15.1 Å². The topological polar surface area (TPSA) is 35.6 Å². The molecule has 4 heteroatoms. The predicted molar refractivity (Wildman–Crippen MR) is 64.3 cm³/mol. The largest absolute Gasteiger partial charge is 0.339 e. The zero-order valence-electron chi connectivity index (χ0n) is 10.4. The normalized spacial score (nSPS) is 32.8. The first-order chi connectivity index (χ1) is 7.68. The van der Waals surface area contributed by atoms with Crippen molar-refractivity contribution >= 4 is 5.91 Å². The van der Waals surface area contributed by atoms with Crippen LogP contribution >= 0.6 is 0 Å². The highest BCUT2D eigenvalue weighted by Crippen LogP contribution is 2.13. The lowest BCUT2D eigenvalue weighted by Gasteiger charge is -2.39. The maximum absolute atomic E-state index is 12.3. The first-order valence-corrected chi connectivity index (χ1v) is 6.41. The van der Waals surface area contributed by atoms with Crippen molar-refractivity contribution in [3.63, 3.8) is 0 Å². The fourth-order valence-corrected chi connectivity index (χ4v) is 2.53. The average Bonchev–Trinajstić information content (AvgIpc) is 2.33. The molecule has 0 aromatic heterocycles. The van der Waals surface area contributed by atoms with Gasteiger partial charge in [-0.05, 0) is 33.4 Å². The molecule has 0 radical (unpaired) electrons. The summed E-state index contributed by atoms with van der Waals surface area (Å²) in [5.74, 6) is 0.319. The van der Waals surface area contributed by atoms with E-state index in [2.05, 4.69) is 24.2 Å². The molecule has 2 rings (SSSR count). The summed E-state index contributed by atoms with van der Waals surface area (Å²) in [6, 6.07) is 0.575. The molecular formula is C12H23N3O. The lowest BCUT2D eigenvalue weighted by atomic mass is 10.0. The average molecular weight is 225 g/mol. The Bertz CT molecular complexity index is 251. The second-order valence-corrected chi connectivity index (χ2v) is 5.12. The fraction of sp³-hybridized carbons (Fsp3) is 0.917. The molecule has 2 heterocycles. The number of hydrogen-bond acceptors (Lipinski definition) is 3. The minimum Gasteiger partial charge on any atom is -0.339 e. The van der Waals surface area contributed by atoms with Crippen molar-refractivity contribution < 1.29 is 4.79 Å². The third kappa shape index (κ3) is 2.55. The molecule has 0 aliphatic carbocycles. The zero-order valence-corrected chi connectivity index (χ0v) is 10.4. The van der Waals surface area contributed by atoms with Crippen LogP contribution in [0.4, 0.5) is 0 Å². The second-order valence-electron chi connectivity index (χ2n) is 5.12. The Morgan fingerprint density at radius 3 is 2.75 bits per heavy atom. The van der Waals surface area contributed by atoms with Crippen molar-refractivity contribution in [2.45, 2.75) is 38.3 Å². The summed E-state index contributed by atoms with van der Waals surface area (Å²) in [7, 11) is 2.13. The lowest BCUT2D eigenvalue weighted by Crippen LogP contribution is -2.57. The molecule has 0 spiro atoms. The van der Waals surface area contributed by atoms with E-state index >= 15 is 0 Å². The molecule has 92 valence electrons. The third-order valence-corrected chi connectivity index (χ3v) is 3.88. The highest BCUT2D eigenvalue weighted by molar-refractivity contribution is 5.82. The predicted octanol–water partition coefficient (Wildman–Crippen LogP) is 0.291. The summed E-state index contributed by atoms with van der Waals surface area (Å²) in [5, 5.41) is 3.34. The highest BCUT2D eigenvalue weighted by atomic mass is 16.2. The molecular weight excluding hydrogens is 202 g/mol. The van der Waals surface area contributed by atoms with Gasteiger partial charge in [0.15, 0.2) is 0 Å². The van der Waals surface area contributed by atoms with Crippen molar-refractivity contribution in [1.29, 1.82) is 0 Å². The smallest absolute Gasteiger partial charge is 0.239 e. The van der Waals surface area contributed by atoms with E-state index in [4.69, 9.17) is 0 Å². The van der Waals surface area contributed by atoms with Crippen LogP contribution < -0.4 is 5.32 Å². The van der Waals surface area contributed by atoms with Gasteiger partial charge in [0.05, 0.1) is 6.04 Å². The number of nitrogens with zero attached hydrogens (tertiary/aromatic N) is 2. The van der Waals surface area contributed by atoms with Crippen molar-refractivity contribution in [2.75, 3.05) is 33.2 Å². The quantitative estimate of drug-likeness (QED) is 0.697. The Hall–Kier alpha value is -0.610. The number of nitrogens with one attached hydrogen (secondary N) is 1. The Morgan fingerprint density at radius 1 is 1.31 bits per heavy atom. The minimum atomic E-state index is 0.0874. The molecule has 0 bridgehead atoms. The van der Waals surface area contributed by atoms with Gasteiger partial charge in [-0.1, -0.05) is 6.42 Å². The van der Waals surface area contributed by atoms with E-state index in [1.165, 1.54) is 12.8 Å². The fourth-order valence-electron chi connectivity index (χ4n) is 2.53. The molecule has 1 amide bonds. The number of piperidine rings is 1. The molecule has 2 aliphatic heterocycles. The van der Waals surface area contributed by atoms with E-state index in [1.54, 1.807) is 0 Å². The molecule has 1 unspecified atom stereocenters. The van der Waals surface area contributed by atoms with Crippen LogP contribution in [0.1, 0.15) is 26.2 Å². The monoisotopic (exact) mass is 225 g/mol. The summed E-state index contributed by atoms with van der Waals surface area (Å²) in [6.45, 7) is 5.96. The SMILES string of the molecule is CC1CN(C(=O)[C@@H]2CCCCN2)CCN1C. The van der Waals surface area contributed by atoms with Gasteiger partial charge in [0.25, 0.3) is 0 Å². The summed E-state index contributed by atoms with van der Waals surface area (Å²) in [6.07, 6.45) is 3.41. The molecule has 2 fully saturated rings. The van der Waals surface area contributed by atoms with Crippen molar-refractivity contribution in [3.05, 3.63) is 0 Å². The number of carbonyl (C=O) groups excluding carboxylic acids is 1. The Kier molecular flexibility index (Phi) is 3.82. The van der Waals surface area contributed by atoms with Crippen LogP contribution in [0.3, 0.4) is 0 Å². The zero-order chi connectivity index (χ0) is 11.5. The van der Waals surface area contributed by atoms with E-state index in [0.717, 1.165) is 32.6 Å². The van der Waals surface area contributed by atoms with Gasteiger partial charge in [0, 0.05) is 25.7 Å². The standard InChI is InChI=1S/C12H23N3O/c1-10-9-15(8-7-14(10)2)12(16)11-5-3-4-6-13-11/h10-11,13H,3-9H2,1-2H3/t10?,11-/m0/s1. The summed E-state index contributed by atoms with van der Waals surface area (Å²) < 4.78 is 0. The number of carbonyl (C=O) groups is 1. The van der Waals surface area contributed by atoms with Gasteiger partial charge in [0.2, 0.25) is 5.91 Å². The summed E-state index contributed by atoms with van der Waals surface area (Å²) in [4.78, 5) is 16.6. The first kappa shape index (κ1) is 11.9. The van der Waals surface area contributed by atoms with Crippen LogP contribution in [0.15, 0.2) is 0 Å². The van der Waals surface area contributed by atoms with E-state index in [1.807, 2.05) is 4.90 Å². The van der Waals surface area contributed by atoms with Crippen molar-refractivity contribution in [2.24, 2.45) is 0 Å². The molecule has 2 saturated heterocycles. The van der Waals surface area contributed by atoms with Crippen LogP contribution in [0.2, 0.25) is 0 Å². The van der Waals surface area contributed by atoms with Crippen LogP contribution in [0.25, 0.3) is 0 Å². The summed E-state index contributed by atoms with van der Waals surface area (Å²) >= 11 is 0. The second kappa shape index (κ2) is 5.15. The molecule has 0 aromatic rings. The molecule has 0 aromatic carbocycles. The van der Waals surface area contributed by atoms with Gasteiger partial charge in [-0.15, -0.1) is 0 Å². The highest BCUT2D eigenvalue weighted by Gasteiger charge is 2.29. The lowest BCUT2D eigenvalue weighted by molar-refractivity contribution is -0.136. The Labute approximate surface area is 98.0 Å². The molecule has 2 aliphatic rings. The van der Waals surface area contributed by atoms with Crippen molar-refractivity contribution in [1.82, 2.24) is 15.1 Å². The van der Waals surface area contributed by atoms with E-state index in [9.17, 15) is 4.79 Å². The number of amides is 1. The molecule has 4 nitrogen and oxygen atoms in total. The maximum Gasteiger partial charge on any atom is 0.239 e. The van der Waals surface area contributed by atoms with Gasteiger partial charge in [-0.3, -0.25) is 4.79 Å². The van der Waals surface area contributed by atoms with Crippen LogP contribution in [0, 0.1) is 0 Å². The summed E-state index contributed by atoms with van der Waals surface area (Å²) in [5.41, 5.74) is 0. The van der Waals surface area contributed by atoms with Crippen molar-refractivity contribution in [3.8, 4) is 0 Å². The van der Waals surface area contributed by atoms with E-state index < -0.39 is 0 Å². The van der Waals surface area contributed by atoms with Crippen LogP contribution in [0.5, 0.6) is 0 Å².